The molecule has 7 heteroatoms. The number of carbonyl (C=O) groups is 1. The molecule has 0 bridgehead atoms. The number of nitrogens with zero attached hydrogens (tertiary/aromatic N) is 1. The van der Waals surface area contributed by atoms with Crippen LogP contribution >= 0.6 is 0 Å². The second-order valence-electron chi connectivity index (χ2n) is 4.33. The normalized spacial score (nSPS) is 10.2. The average Bonchev–Trinajstić information content (AvgIpc) is 2.42. The van der Waals surface area contributed by atoms with Crippen molar-refractivity contribution in [1.29, 1.82) is 0 Å². The molecule has 2 rings (SSSR count). The molecule has 0 spiro atoms. The minimum absolute atomic E-state index is 0.0450. The maximum atomic E-state index is 13.8. The summed E-state index contributed by atoms with van der Waals surface area (Å²) in [6.07, 6.45) is 0. The monoisotopic (exact) mass is 290 g/mol. The van der Waals surface area contributed by atoms with Gasteiger partial charge in [-0.2, -0.15) is 0 Å². The molecule has 2 aromatic carbocycles. The summed E-state index contributed by atoms with van der Waals surface area (Å²) >= 11 is 0. The topological polar surface area (TPSA) is 92.5 Å². The number of rotatable bonds is 4. The predicted molar refractivity (Wildman–Crippen MR) is 74.5 cm³/mol. The van der Waals surface area contributed by atoms with E-state index in [0.29, 0.717) is 11.3 Å². The van der Waals surface area contributed by atoms with Gasteiger partial charge < -0.3 is 10.4 Å². The van der Waals surface area contributed by atoms with Gasteiger partial charge in [0.25, 0.3) is 5.69 Å². The first-order chi connectivity index (χ1) is 9.90. The van der Waals surface area contributed by atoms with Crippen molar-refractivity contribution in [2.75, 3.05) is 5.32 Å². The van der Waals surface area contributed by atoms with Gasteiger partial charge in [-0.3, -0.25) is 10.1 Å². The quantitative estimate of drug-likeness (QED) is 0.664. The summed E-state index contributed by atoms with van der Waals surface area (Å²) in [4.78, 5) is 21.1. The largest absolute Gasteiger partial charge is 0.478 e. The smallest absolute Gasteiger partial charge is 0.335 e. The highest BCUT2D eigenvalue weighted by atomic mass is 19.1. The predicted octanol–water partition coefficient (Wildman–Crippen LogP) is 3.48. The molecule has 0 radical (unpaired) electrons. The van der Waals surface area contributed by atoms with E-state index in [2.05, 4.69) is 5.32 Å². The first kappa shape index (κ1) is 14.4. The van der Waals surface area contributed by atoms with E-state index in [4.69, 9.17) is 5.11 Å². The fraction of sp³-hybridized carbons (Fsp3) is 0.0714. The van der Waals surface area contributed by atoms with E-state index in [1.165, 1.54) is 24.3 Å². The first-order valence-corrected chi connectivity index (χ1v) is 5.94. The summed E-state index contributed by atoms with van der Waals surface area (Å²) < 4.78 is 13.8. The van der Waals surface area contributed by atoms with Crippen molar-refractivity contribution in [3.8, 4) is 0 Å². The zero-order valence-corrected chi connectivity index (χ0v) is 11.0. The Labute approximate surface area is 119 Å². The molecular weight excluding hydrogens is 279 g/mol. The Bertz CT molecular complexity index is 731. The minimum Gasteiger partial charge on any atom is -0.478 e. The molecule has 0 aromatic heterocycles. The molecule has 0 amide bonds. The second kappa shape index (κ2) is 5.58. The number of carboxylic acid groups (broad SMARTS) is 1. The highest BCUT2D eigenvalue weighted by Crippen LogP contribution is 2.29. The molecule has 0 aliphatic carbocycles. The molecule has 108 valence electrons. The van der Waals surface area contributed by atoms with Crippen LogP contribution in [0.2, 0.25) is 0 Å². The second-order valence-corrected chi connectivity index (χ2v) is 4.33. The van der Waals surface area contributed by atoms with Gasteiger partial charge in [0, 0.05) is 11.8 Å². The lowest BCUT2D eigenvalue weighted by Crippen LogP contribution is -2.01. The zero-order valence-electron chi connectivity index (χ0n) is 11.0. The lowest BCUT2D eigenvalue weighted by molar-refractivity contribution is -0.385. The van der Waals surface area contributed by atoms with Crippen molar-refractivity contribution in [3.05, 3.63) is 63.5 Å². The van der Waals surface area contributed by atoms with E-state index in [0.717, 1.165) is 6.07 Å². The number of anilines is 2. The van der Waals surface area contributed by atoms with Gasteiger partial charge in [0.2, 0.25) is 0 Å². The van der Waals surface area contributed by atoms with Crippen LogP contribution in [0.4, 0.5) is 21.5 Å². The summed E-state index contributed by atoms with van der Waals surface area (Å²) in [5.41, 5.74) is 0.537. The van der Waals surface area contributed by atoms with Crippen LogP contribution in [-0.2, 0) is 0 Å². The van der Waals surface area contributed by atoms with Crippen molar-refractivity contribution in [2.45, 2.75) is 6.92 Å². The SMILES string of the molecule is Cc1c(Nc2ccc(C(=O)O)cc2F)cccc1[N+](=O)[O-]. The third-order valence-electron chi connectivity index (χ3n) is 2.99. The Morgan fingerprint density at radius 3 is 2.57 bits per heavy atom. The molecule has 0 unspecified atom stereocenters. The van der Waals surface area contributed by atoms with E-state index in [1.54, 1.807) is 13.0 Å². The van der Waals surface area contributed by atoms with Crippen LogP contribution in [0, 0.1) is 22.9 Å². The molecule has 21 heavy (non-hydrogen) atoms. The maximum Gasteiger partial charge on any atom is 0.335 e. The minimum atomic E-state index is -1.23. The number of nitrogens with one attached hydrogen (secondary N) is 1. The standard InChI is InChI=1S/C14H11FN2O4/c1-8-11(3-2-4-13(8)17(20)21)16-12-6-5-9(14(18)19)7-10(12)15/h2-7,16H,1H3,(H,18,19). The van der Waals surface area contributed by atoms with Crippen molar-refractivity contribution < 1.29 is 19.2 Å². The third-order valence-corrected chi connectivity index (χ3v) is 2.99. The first-order valence-electron chi connectivity index (χ1n) is 5.94. The molecule has 2 N–H and O–H groups in total. The Morgan fingerprint density at radius 2 is 2.00 bits per heavy atom. The molecule has 0 saturated heterocycles. The van der Waals surface area contributed by atoms with Crippen LogP contribution < -0.4 is 5.32 Å². The van der Waals surface area contributed by atoms with Crippen LogP contribution in [0.15, 0.2) is 36.4 Å². The van der Waals surface area contributed by atoms with Crippen molar-refractivity contribution in [3.63, 3.8) is 0 Å². The average molecular weight is 290 g/mol. The summed E-state index contributed by atoms with van der Waals surface area (Å²) in [6.45, 7) is 1.55. The number of carboxylic acids is 1. The van der Waals surface area contributed by atoms with Gasteiger partial charge in [-0.05, 0) is 31.2 Å². The Morgan fingerprint density at radius 1 is 1.29 bits per heavy atom. The van der Waals surface area contributed by atoms with Gasteiger partial charge in [0.15, 0.2) is 0 Å². The van der Waals surface area contributed by atoms with E-state index in [-0.39, 0.29) is 16.9 Å². The summed E-state index contributed by atoms with van der Waals surface area (Å²) in [6, 6.07) is 7.82. The molecule has 0 saturated carbocycles. The molecule has 0 heterocycles. The van der Waals surface area contributed by atoms with E-state index in [1.807, 2.05) is 0 Å². The molecule has 0 aliphatic heterocycles. The van der Waals surface area contributed by atoms with Gasteiger partial charge in [0.1, 0.15) is 5.82 Å². The molecule has 2 aromatic rings. The summed E-state index contributed by atoms with van der Waals surface area (Å²) in [7, 11) is 0. The number of nitro groups is 1. The third kappa shape index (κ3) is 2.97. The van der Waals surface area contributed by atoms with Crippen LogP contribution in [0.5, 0.6) is 0 Å². The number of hydrogen-bond acceptors (Lipinski definition) is 4. The number of benzene rings is 2. The van der Waals surface area contributed by atoms with Gasteiger partial charge in [-0.1, -0.05) is 6.07 Å². The lowest BCUT2D eigenvalue weighted by Gasteiger charge is -2.11. The Hall–Kier alpha value is -2.96. The van der Waals surface area contributed by atoms with E-state index in [9.17, 15) is 19.3 Å². The fourth-order valence-electron chi connectivity index (χ4n) is 1.85. The van der Waals surface area contributed by atoms with Crippen molar-refractivity contribution >= 4 is 23.0 Å². The number of hydrogen-bond donors (Lipinski definition) is 2. The van der Waals surface area contributed by atoms with Crippen LogP contribution in [0.3, 0.4) is 0 Å². The van der Waals surface area contributed by atoms with Crippen molar-refractivity contribution in [1.82, 2.24) is 0 Å². The number of aromatic carboxylic acids is 1. The molecule has 0 fully saturated rings. The number of nitro benzene ring substituents is 1. The Balaban J connectivity index is 2.37. The summed E-state index contributed by atoms with van der Waals surface area (Å²) in [5, 5.41) is 22.4. The maximum absolute atomic E-state index is 13.8. The van der Waals surface area contributed by atoms with Crippen LogP contribution in [-0.4, -0.2) is 16.0 Å². The van der Waals surface area contributed by atoms with Crippen LogP contribution in [0.25, 0.3) is 0 Å². The van der Waals surface area contributed by atoms with Gasteiger partial charge in [0.05, 0.1) is 21.7 Å². The molecule has 0 aliphatic rings. The van der Waals surface area contributed by atoms with Gasteiger partial charge >= 0.3 is 5.97 Å². The molecular formula is C14H11FN2O4. The molecule has 0 atom stereocenters. The summed E-state index contributed by atoms with van der Waals surface area (Å²) in [5.74, 6) is -1.98. The van der Waals surface area contributed by atoms with Gasteiger partial charge in [-0.15, -0.1) is 0 Å². The molecule has 6 nitrogen and oxygen atoms in total. The van der Waals surface area contributed by atoms with Crippen LogP contribution in [0.1, 0.15) is 15.9 Å². The fourth-order valence-corrected chi connectivity index (χ4v) is 1.85. The highest BCUT2D eigenvalue weighted by Gasteiger charge is 2.15. The van der Waals surface area contributed by atoms with E-state index < -0.39 is 16.7 Å². The zero-order chi connectivity index (χ0) is 15.6. The van der Waals surface area contributed by atoms with E-state index >= 15 is 0 Å². The number of halogens is 1. The lowest BCUT2D eigenvalue weighted by atomic mass is 10.1. The van der Waals surface area contributed by atoms with Crippen molar-refractivity contribution in [2.24, 2.45) is 0 Å². The van der Waals surface area contributed by atoms with Gasteiger partial charge in [-0.25, -0.2) is 9.18 Å². The Kier molecular flexibility index (Phi) is 3.84. The highest BCUT2D eigenvalue weighted by molar-refractivity contribution is 5.88.